The van der Waals surface area contributed by atoms with E-state index in [-0.39, 0.29) is 5.78 Å². The van der Waals surface area contributed by atoms with Crippen LogP contribution in [0.15, 0.2) is 18.9 Å². The molecule has 0 aromatic carbocycles. The molecule has 0 amide bonds. The molecule has 2 aromatic rings. The highest BCUT2D eigenvalue weighted by Gasteiger charge is 2.42. The Morgan fingerprint density at radius 3 is 3.00 bits per heavy atom. The summed E-state index contributed by atoms with van der Waals surface area (Å²) < 4.78 is 12.8. The third-order valence-corrected chi connectivity index (χ3v) is 3.61. The van der Waals surface area contributed by atoms with E-state index in [2.05, 4.69) is 15.0 Å². The fourth-order valence-electron chi connectivity index (χ4n) is 2.61. The number of ether oxygens (including phenoxy) is 2. The lowest BCUT2D eigenvalue weighted by molar-refractivity contribution is -0.152. The second-order valence-electron chi connectivity index (χ2n) is 5.10. The van der Waals surface area contributed by atoms with Crippen LogP contribution in [-0.2, 0) is 19.1 Å². The third-order valence-electron chi connectivity index (χ3n) is 3.61. The number of fused-ring (bicyclic) bond motifs is 1. The molecular formula is C14H16N4O4. The zero-order valence-electron chi connectivity index (χ0n) is 12.3. The van der Waals surface area contributed by atoms with Gasteiger partial charge in [0, 0.05) is 19.8 Å². The minimum Gasteiger partial charge on any atom is -0.458 e. The van der Waals surface area contributed by atoms with Gasteiger partial charge in [0.25, 0.3) is 0 Å². The molecule has 3 rings (SSSR count). The van der Waals surface area contributed by atoms with Crippen LogP contribution in [0.1, 0.15) is 32.9 Å². The van der Waals surface area contributed by atoms with Gasteiger partial charge < -0.3 is 9.47 Å². The second-order valence-corrected chi connectivity index (χ2v) is 5.10. The highest BCUT2D eigenvalue weighted by atomic mass is 16.6. The van der Waals surface area contributed by atoms with Crippen molar-refractivity contribution in [3.63, 3.8) is 0 Å². The predicted molar refractivity (Wildman–Crippen MR) is 74.7 cm³/mol. The summed E-state index contributed by atoms with van der Waals surface area (Å²) in [5.41, 5.74) is 1.18. The molecule has 0 spiro atoms. The third kappa shape index (κ3) is 2.57. The Balaban J connectivity index is 1.95. The van der Waals surface area contributed by atoms with Crippen LogP contribution in [-0.4, -0.2) is 43.5 Å². The van der Waals surface area contributed by atoms with Gasteiger partial charge in [-0.1, -0.05) is 6.92 Å². The van der Waals surface area contributed by atoms with Crippen LogP contribution in [0.25, 0.3) is 11.2 Å². The van der Waals surface area contributed by atoms with E-state index in [1.807, 2.05) is 0 Å². The lowest BCUT2D eigenvalue weighted by Gasteiger charge is -2.19. The molecule has 8 nitrogen and oxygen atoms in total. The molecule has 2 aromatic heterocycles. The number of hydrogen-bond acceptors (Lipinski definition) is 7. The van der Waals surface area contributed by atoms with Gasteiger partial charge in [-0.25, -0.2) is 15.0 Å². The van der Waals surface area contributed by atoms with Gasteiger partial charge >= 0.3 is 5.97 Å². The zero-order valence-corrected chi connectivity index (χ0v) is 12.3. The smallest absolute Gasteiger partial charge is 0.303 e. The molecule has 3 atom stereocenters. The van der Waals surface area contributed by atoms with E-state index in [9.17, 15) is 9.59 Å². The Bertz CT molecular complexity index is 714. The van der Waals surface area contributed by atoms with Crippen molar-refractivity contribution in [3.8, 4) is 0 Å². The first-order chi connectivity index (χ1) is 10.6. The molecule has 1 saturated heterocycles. The molecule has 0 radical (unpaired) electrons. The molecule has 1 fully saturated rings. The van der Waals surface area contributed by atoms with E-state index >= 15 is 0 Å². The zero-order chi connectivity index (χ0) is 15.7. The number of esters is 1. The highest BCUT2D eigenvalue weighted by molar-refractivity contribution is 5.83. The SMILES string of the molecule is CCC(=O)C1CC(OC(C)=O)C(n2cnc3cncnc32)O1. The van der Waals surface area contributed by atoms with Crippen molar-refractivity contribution in [1.29, 1.82) is 0 Å². The van der Waals surface area contributed by atoms with Crippen LogP contribution in [0.3, 0.4) is 0 Å². The Kier molecular flexibility index (Phi) is 3.84. The summed E-state index contributed by atoms with van der Waals surface area (Å²) in [6.45, 7) is 3.11. The fraction of sp³-hybridized carbons (Fsp3) is 0.500. The van der Waals surface area contributed by atoms with Gasteiger partial charge in [0.05, 0.1) is 12.5 Å². The number of carbonyl (C=O) groups excluding carboxylic acids is 2. The van der Waals surface area contributed by atoms with Crippen molar-refractivity contribution in [1.82, 2.24) is 19.5 Å². The van der Waals surface area contributed by atoms with E-state index in [4.69, 9.17) is 9.47 Å². The van der Waals surface area contributed by atoms with Crippen LogP contribution >= 0.6 is 0 Å². The number of hydrogen-bond donors (Lipinski definition) is 0. The van der Waals surface area contributed by atoms with Gasteiger partial charge in [-0.05, 0) is 0 Å². The number of aromatic nitrogens is 4. The molecule has 3 heterocycles. The average Bonchev–Trinajstić information content (AvgIpc) is 3.09. The number of nitrogens with zero attached hydrogens (tertiary/aromatic N) is 4. The van der Waals surface area contributed by atoms with Crippen molar-refractivity contribution < 1.29 is 19.1 Å². The lowest BCUT2D eigenvalue weighted by Crippen LogP contribution is -2.24. The van der Waals surface area contributed by atoms with Crippen LogP contribution in [0.2, 0.25) is 0 Å². The van der Waals surface area contributed by atoms with Crippen LogP contribution in [0.4, 0.5) is 0 Å². The Hall–Kier alpha value is -2.35. The van der Waals surface area contributed by atoms with Crippen molar-refractivity contribution in [3.05, 3.63) is 18.9 Å². The van der Waals surface area contributed by atoms with Crippen molar-refractivity contribution in [2.24, 2.45) is 0 Å². The number of ketones is 1. The molecule has 8 heteroatoms. The summed E-state index contributed by atoms with van der Waals surface area (Å²) in [5, 5.41) is 0. The number of rotatable bonds is 4. The first-order valence-corrected chi connectivity index (χ1v) is 7.08. The predicted octanol–water partition coefficient (Wildman–Crippen LogP) is 1.02. The Labute approximate surface area is 126 Å². The Morgan fingerprint density at radius 1 is 1.45 bits per heavy atom. The summed E-state index contributed by atoms with van der Waals surface area (Å²) >= 11 is 0. The average molecular weight is 304 g/mol. The molecule has 0 aliphatic carbocycles. The van der Waals surface area contributed by atoms with Gasteiger partial charge in [0.15, 0.2) is 17.7 Å². The summed E-state index contributed by atoms with van der Waals surface area (Å²) in [7, 11) is 0. The lowest BCUT2D eigenvalue weighted by atomic mass is 10.1. The van der Waals surface area contributed by atoms with E-state index in [1.165, 1.54) is 13.3 Å². The minimum atomic E-state index is -0.621. The number of Topliss-reactive ketones (excluding diaryl/α,β-unsaturated/α-hetero) is 1. The number of carbonyl (C=O) groups is 2. The molecule has 116 valence electrons. The van der Waals surface area contributed by atoms with Crippen LogP contribution < -0.4 is 0 Å². The van der Waals surface area contributed by atoms with Gasteiger partial charge in [0.1, 0.15) is 24.1 Å². The summed E-state index contributed by atoms with van der Waals surface area (Å²) in [4.78, 5) is 35.5. The van der Waals surface area contributed by atoms with Crippen LogP contribution in [0.5, 0.6) is 0 Å². The van der Waals surface area contributed by atoms with Crippen LogP contribution in [0, 0.1) is 0 Å². The number of imidazole rings is 1. The van der Waals surface area contributed by atoms with E-state index in [0.717, 1.165) is 0 Å². The largest absolute Gasteiger partial charge is 0.458 e. The summed E-state index contributed by atoms with van der Waals surface area (Å²) in [5.74, 6) is -0.430. The molecule has 1 aliphatic rings. The van der Waals surface area contributed by atoms with E-state index in [1.54, 1.807) is 24.0 Å². The Morgan fingerprint density at radius 2 is 2.27 bits per heavy atom. The monoisotopic (exact) mass is 304 g/mol. The topological polar surface area (TPSA) is 96.2 Å². The van der Waals surface area contributed by atoms with Crippen molar-refractivity contribution in [2.75, 3.05) is 0 Å². The maximum Gasteiger partial charge on any atom is 0.303 e. The normalized spacial score (nSPS) is 24.5. The van der Waals surface area contributed by atoms with E-state index in [0.29, 0.717) is 24.0 Å². The minimum absolute atomic E-state index is 0.0151. The second kappa shape index (κ2) is 5.80. The fourth-order valence-corrected chi connectivity index (χ4v) is 2.61. The van der Waals surface area contributed by atoms with Gasteiger partial charge in [0.2, 0.25) is 0 Å². The van der Waals surface area contributed by atoms with E-state index < -0.39 is 24.4 Å². The summed E-state index contributed by atoms with van der Waals surface area (Å²) in [6.07, 6.45) is 3.50. The molecule has 22 heavy (non-hydrogen) atoms. The van der Waals surface area contributed by atoms with Crippen molar-refractivity contribution in [2.45, 2.75) is 45.1 Å². The highest BCUT2D eigenvalue weighted by Crippen LogP contribution is 2.33. The van der Waals surface area contributed by atoms with Gasteiger partial charge in [-0.15, -0.1) is 0 Å². The first-order valence-electron chi connectivity index (χ1n) is 7.08. The van der Waals surface area contributed by atoms with Gasteiger partial charge in [-0.2, -0.15) is 0 Å². The quantitative estimate of drug-likeness (QED) is 0.778. The molecule has 3 unspecified atom stereocenters. The molecule has 1 aliphatic heterocycles. The molecular weight excluding hydrogens is 288 g/mol. The first kappa shape index (κ1) is 14.6. The maximum atomic E-state index is 11.9. The molecule has 0 bridgehead atoms. The van der Waals surface area contributed by atoms with Crippen molar-refractivity contribution >= 4 is 22.9 Å². The summed E-state index contributed by atoms with van der Waals surface area (Å²) in [6, 6.07) is 0. The van der Waals surface area contributed by atoms with Gasteiger partial charge in [-0.3, -0.25) is 14.2 Å². The molecule has 0 N–H and O–H groups in total. The molecule has 0 saturated carbocycles. The maximum absolute atomic E-state index is 11.9. The standard InChI is InChI=1S/C14H16N4O4/c1-3-10(20)11-4-12(21-8(2)19)14(22-11)18-7-17-9-5-15-6-16-13(9)18/h5-7,11-12,14H,3-4H2,1-2H3.